The van der Waals surface area contributed by atoms with Crippen molar-refractivity contribution >= 4 is 22.7 Å². The van der Waals surface area contributed by atoms with Crippen LogP contribution in [-0.2, 0) is 19.1 Å². The molecule has 0 aliphatic heterocycles. The third-order valence-electron chi connectivity index (χ3n) is 5.76. The molecule has 196 valence electrons. The second-order valence-corrected chi connectivity index (χ2v) is 8.95. The van der Waals surface area contributed by atoms with Crippen molar-refractivity contribution in [1.29, 1.82) is 0 Å². The fourth-order valence-electron chi connectivity index (χ4n) is 3.40. The summed E-state index contributed by atoms with van der Waals surface area (Å²) in [5.74, 6) is 1.97. The van der Waals surface area contributed by atoms with E-state index in [4.69, 9.17) is 18.9 Å². The first kappa shape index (κ1) is 28.0. The van der Waals surface area contributed by atoms with Crippen LogP contribution >= 0.6 is 0 Å². The fraction of sp³-hybridized carbons (Fsp3) is 0.188. The maximum absolute atomic E-state index is 11.9. The highest BCUT2D eigenvalue weighted by Crippen LogP contribution is 2.36. The molecule has 0 aliphatic carbocycles. The van der Waals surface area contributed by atoms with Crippen molar-refractivity contribution in [3.05, 3.63) is 108 Å². The van der Waals surface area contributed by atoms with E-state index in [1.165, 1.54) is 0 Å². The van der Waals surface area contributed by atoms with Gasteiger partial charge in [-0.05, 0) is 76.3 Å². The number of rotatable bonds is 9. The Balaban J connectivity index is 1.86. The SMILES string of the molecule is C=C(C)C(=O)OC(C)=C(C)Oc1ccc(-c2ccc(OC(C)=C(C)OC(=O)C(=C)C)c3ccccc23)cc1. The zero-order valence-electron chi connectivity index (χ0n) is 22.6. The molecule has 0 N–H and O–H groups in total. The summed E-state index contributed by atoms with van der Waals surface area (Å²) in [6, 6.07) is 19.5. The van der Waals surface area contributed by atoms with Gasteiger partial charge in [0, 0.05) is 16.5 Å². The van der Waals surface area contributed by atoms with Gasteiger partial charge < -0.3 is 18.9 Å². The Morgan fingerprint density at radius 3 is 1.61 bits per heavy atom. The molecule has 0 bridgehead atoms. The minimum Gasteiger partial charge on any atom is -0.459 e. The summed E-state index contributed by atoms with van der Waals surface area (Å²) >= 11 is 0. The van der Waals surface area contributed by atoms with Gasteiger partial charge in [-0.15, -0.1) is 0 Å². The van der Waals surface area contributed by atoms with E-state index in [9.17, 15) is 9.59 Å². The molecule has 6 heteroatoms. The average molecular weight is 513 g/mol. The van der Waals surface area contributed by atoms with Gasteiger partial charge >= 0.3 is 11.9 Å². The molecule has 0 saturated heterocycles. The van der Waals surface area contributed by atoms with Crippen LogP contribution in [0.1, 0.15) is 41.5 Å². The normalized spacial score (nSPS) is 12.2. The molecule has 3 rings (SSSR count). The summed E-state index contributed by atoms with van der Waals surface area (Å²) in [7, 11) is 0. The molecule has 0 atom stereocenters. The molecule has 0 saturated carbocycles. The molecule has 0 amide bonds. The third kappa shape index (κ3) is 6.79. The summed E-state index contributed by atoms with van der Waals surface area (Å²) in [6.07, 6.45) is 0. The van der Waals surface area contributed by atoms with Crippen molar-refractivity contribution in [2.45, 2.75) is 41.5 Å². The number of ether oxygens (including phenoxy) is 4. The Kier molecular flexibility index (Phi) is 8.92. The van der Waals surface area contributed by atoms with E-state index < -0.39 is 11.9 Å². The van der Waals surface area contributed by atoms with E-state index in [-0.39, 0.29) is 0 Å². The smallest absolute Gasteiger partial charge is 0.338 e. The van der Waals surface area contributed by atoms with Crippen molar-refractivity contribution < 1.29 is 28.5 Å². The van der Waals surface area contributed by atoms with Crippen molar-refractivity contribution in [2.24, 2.45) is 0 Å². The molecule has 3 aromatic carbocycles. The molecular formula is C32H32O6. The van der Waals surface area contributed by atoms with Gasteiger partial charge in [-0.3, -0.25) is 0 Å². The number of esters is 2. The number of benzene rings is 3. The predicted molar refractivity (Wildman–Crippen MR) is 149 cm³/mol. The topological polar surface area (TPSA) is 71.1 Å². The van der Waals surface area contributed by atoms with Gasteiger partial charge in [-0.1, -0.05) is 55.6 Å². The zero-order valence-corrected chi connectivity index (χ0v) is 22.6. The van der Waals surface area contributed by atoms with Gasteiger partial charge in [0.1, 0.15) is 34.5 Å². The quantitative estimate of drug-likeness (QED) is 0.164. The van der Waals surface area contributed by atoms with Crippen LogP contribution in [0.15, 0.2) is 108 Å². The van der Waals surface area contributed by atoms with Gasteiger partial charge in [-0.25, -0.2) is 9.59 Å². The molecule has 0 fully saturated rings. The summed E-state index contributed by atoms with van der Waals surface area (Å²) in [5.41, 5.74) is 2.64. The van der Waals surface area contributed by atoms with Crippen molar-refractivity contribution in [2.75, 3.05) is 0 Å². The second kappa shape index (κ2) is 12.1. The fourth-order valence-corrected chi connectivity index (χ4v) is 3.40. The minimum atomic E-state index is -0.494. The summed E-state index contributed by atoms with van der Waals surface area (Å²) in [5, 5.41) is 1.92. The predicted octanol–water partition coefficient (Wildman–Crippen LogP) is 8.01. The Hall–Kier alpha value is -4.58. The Morgan fingerprint density at radius 2 is 1.08 bits per heavy atom. The standard InChI is InChI=1S/C32H32O6/c1-19(2)31(33)37-23(7)21(5)35-26-15-13-25(14-16-26)27-17-18-30(29-12-10-9-11-28(27)29)36-22(6)24(8)38-32(34)20(3)4/h9-18H,1,3H2,2,4-8H3. The molecule has 0 spiro atoms. The number of allylic oxidation sites excluding steroid dienone is 4. The van der Waals surface area contributed by atoms with E-state index >= 15 is 0 Å². The first-order valence-electron chi connectivity index (χ1n) is 12.1. The van der Waals surface area contributed by atoms with Gasteiger partial charge in [0.05, 0.1) is 0 Å². The third-order valence-corrected chi connectivity index (χ3v) is 5.76. The van der Waals surface area contributed by atoms with Crippen LogP contribution in [0, 0.1) is 0 Å². The first-order valence-corrected chi connectivity index (χ1v) is 12.1. The highest BCUT2D eigenvalue weighted by molar-refractivity contribution is 6.00. The molecule has 0 heterocycles. The van der Waals surface area contributed by atoms with Crippen molar-refractivity contribution in [1.82, 2.24) is 0 Å². The lowest BCUT2D eigenvalue weighted by atomic mass is 9.97. The lowest BCUT2D eigenvalue weighted by molar-refractivity contribution is -0.136. The van der Waals surface area contributed by atoms with Gasteiger partial charge in [0.15, 0.2) is 0 Å². The molecule has 0 aromatic heterocycles. The van der Waals surface area contributed by atoms with Crippen molar-refractivity contribution in [3.8, 4) is 22.6 Å². The Labute approximate surface area is 223 Å². The van der Waals surface area contributed by atoms with E-state index in [1.807, 2.05) is 60.7 Å². The lowest BCUT2D eigenvalue weighted by Gasteiger charge is -2.15. The monoisotopic (exact) mass is 512 g/mol. The summed E-state index contributed by atoms with van der Waals surface area (Å²) in [6.45, 7) is 17.2. The summed E-state index contributed by atoms with van der Waals surface area (Å²) in [4.78, 5) is 23.6. The van der Waals surface area contributed by atoms with Crippen LogP contribution < -0.4 is 9.47 Å². The van der Waals surface area contributed by atoms with Crippen LogP contribution in [0.2, 0.25) is 0 Å². The Bertz CT molecular complexity index is 1470. The van der Waals surface area contributed by atoms with E-state index in [2.05, 4.69) is 13.2 Å². The highest BCUT2D eigenvalue weighted by Gasteiger charge is 2.13. The van der Waals surface area contributed by atoms with Gasteiger partial charge in [0.2, 0.25) is 0 Å². The van der Waals surface area contributed by atoms with Gasteiger partial charge in [0.25, 0.3) is 0 Å². The number of carbonyl (C=O) groups excluding carboxylic acids is 2. The number of hydrogen-bond acceptors (Lipinski definition) is 6. The molecule has 38 heavy (non-hydrogen) atoms. The molecule has 0 aliphatic rings. The van der Waals surface area contributed by atoms with E-state index in [1.54, 1.807) is 41.5 Å². The van der Waals surface area contributed by atoms with Crippen LogP contribution in [-0.4, -0.2) is 11.9 Å². The molecule has 0 unspecified atom stereocenters. The second-order valence-electron chi connectivity index (χ2n) is 8.95. The van der Waals surface area contributed by atoms with Crippen molar-refractivity contribution in [3.63, 3.8) is 0 Å². The molecule has 3 aromatic rings. The molecular weight excluding hydrogens is 480 g/mol. The molecule has 0 radical (unpaired) electrons. The average Bonchev–Trinajstić information content (AvgIpc) is 2.89. The lowest BCUT2D eigenvalue weighted by Crippen LogP contribution is -2.06. The Morgan fingerprint density at radius 1 is 0.579 bits per heavy atom. The maximum Gasteiger partial charge on any atom is 0.338 e. The largest absolute Gasteiger partial charge is 0.459 e. The molecule has 6 nitrogen and oxygen atoms in total. The first-order chi connectivity index (χ1) is 18.0. The number of fused-ring (bicyclic) bond motifs is 1. The zero-order chi connectivity index (χ0) is 28.0. The minimum absolute atomic E-state index is 0.316. The highest BCUT2D eigenvalue weighted by atomic mass is 16.6. The van der Waals surface area contributed by atoms with Crippen LogP contribution in [0.3, 0.4) is 0 Å². The van der Waals surface area contributed by atoms with Gasteiger partial charge in [-0.2, -0.15) is 0 Å². The van der Waals surface area contributed by atoms with E-state index in [0.29, 0.717) is 45.7 Å². The maximum atomic E-state index is 11.9. The van der Waals surface area contributed by atoms with Crippen LogP contribution in [0.4, 0.5) is 0 Å². The number of hydrogen-bond donors (Lipinski definition) is 0. The van der Waals surface area contributed by atoms with Crippen LogP contribution in [0.5, 0.6) is 11.5 Å². The summed E-state index contributed by atoms with van der Waals surface area (Å²) < 4.78 is 22.5. The van der Waals surface area contributed by atoms with Crippen LogP contribution in [0.25, 0.3) is 21.9 Å². The van der Waals surface area contributed by atoms with E-state index in [0.717, 1.165) is 21.9 Å². The number of carbonyl (C=O) groups is 2.